The van der Waals surface area contributed by atoms with Gasteiger partial charge in [0.25, 0.3) is 0 Å². The van der Waals surface area contributed by atoms with E-state index in [0.717, 1.165) is 38.8 Å². The summed E-state index contributed by atoms with van der Waals surface area (Å²) in [6.07, 6.45) is 4.25. The first-order chi connectivity index (χ1) is 8.81. The highest BCUT2D eigenvalue weighted by molar-refractivity contribution is 5.89. The van der Waals surface area contributed by atoms with Gasteiger partial charge in [-0.2, -0.15) is 0 Å². The first-order valence-corrected chi connectivity index (χ1v) is 6.81. The minimum atomic E-state index is -0.195. The van der Waals surface area contributed by atoms with Gasteiger partial charge in [-0.05, 0) is 42.6 Å². The van der Waals surface area contributed by atoms with E-state index in [2.05, 4.69) is 18.3 Å². The van der Waals surface area contributed by atoms with Crippen molar-refractivity contribution in [2.75, 3.05) is 13.2 Å². The molecule has 1 aromatic carbocycles. The second-order valence-corrected chi connectivity index (χ2v) is 4.75. The van der Waals surface area contributed by atoms with Crippen LogP contribution in [0.3, 0.4) is 0 Å². The molecule has 1 aliphatic heterocycles. The lowest BCUT2D eigenvalue weighted by Gasteiger charge is -2.17. The molecule has 0 bridgehead atoms. The molecule has 3 nitrogen and oxygen atoms in total. The van der Waals surface area contributed by atoms with Crippen molar-refractivity contribution >= 4 is 5.97 Å². The average molecular weight is 247 g/mol. The van der Waals surface area contributed by atoms with Gasteiger partial charge in [0.1, 0.15) is 0 Å². The Labute approximate surface area is 109 Å². The number of unbranched alkanes of at least 4 members (excludes halogenated alkanes) is 2. The van der Waals surface area contributed by atoms with Gasteiger partial charge in [-0.3, -0.25) is 0 Å². The van der Waals surface area contributed by atoms with Crippen LogP contribution >= 0.6 is 0 Å². The summed E-state index contributed by atoms with van der Waals surface area (Å²) in [5.41, 5.74) is 3.24. The molecule has 0 spiro atoms. The lowest BCUT2D eigenvalue weighted by atomic mass is 9.99. The Morgan fingerprint density at radius 3 is 3.06 bits per heavy atom. The van der Waals surface area contributed by atoms with E-state index in [1.54, 1.807) is 0 Å². The monoisotopic (exact) mass is 247 g/mol. The molecule has 0 atom stereocenters. The van der Waals surface area contributed by atoms with E-state index >= 15 is 0 Å². The van der Waals surface area contributed by atoms with Gasteiger partial charge in [0.2, 0.25) is 0 Å². The molecule has 0 aromatic heterocycles. The van der Waals surface area contributed by atoms with Crippen molar-refractivity contribution in [3.63, 3.8) is 0 Å². The van der Waals surface area contributed by atoms with E-state index < -0.39 is 0 Å². The van der Waals surface area contributed by atoms with Crippen LogP contribution in [0.15, 0.2) is 18.2 Å². The van der Waals surface area contributed by atoms with Gasteiger partial charge >= 0.3 is 5.97 Å². The highest BCUT2D eigenvalue weighted by Crippen LogP contribution is 2.16. The second-order valence-electron chi connectivity index (χ2n) is 4.75. The van der Waals surface area contributed by atoms with Crippen molar-refractivity contribution in [3.8, 4) is 0 Å². The molecule has 2 rings (SSSR count). The summed E-state index contributed by atoms with van der Waals surface area (Å²) in [7, 11) is 0. The molecule has 0 saturated heterocycles. The van der Waals surface area contributed by atoms with Gasteiger partial charge in [0.15, 0.2) is 0 Å². The van der Waals surface area contributed by atoms with Crippen LogP contribution in [-0.4, -0.2) is 19.1 Å². The summed E-state index contributed by atoms with van der Waals surface area (Å²) >= 11 is 0. The van der Waals surface area contributed by atoms with Crippen LogP contribution in [0.5, 0.6) is 0 Å². The summed E-state index contributed by atoms with van der Waals surface area (Å²) < 4.78 is 5.26. The van der Waals surface area contributed by atoms with Gasteiger partial charge < -0.3 is 10.1 Å². The molecule has 0 aliphatic carbocycles. The highest BCUT2D eigenvalue weighted by atomic mass is 16.5. The largest absolute Gasteiger partial charge is 0.462 e. The molecule has 1 aliphatic rings. The maximum atomic E-state index is 11.9. The molecule has 0 radical (unpaired) electrons. The normalized spacial score (nSPS) is 14.1. The van der Waals surface area contributed by atoms with Gasteiger partial charge in [0.05, 0.1) is 12.2 Å². The molecule has 0 amide bonds. The standard InChI is InChI=1S/C15H21NO2/c1-2-3-4-9-18-15(17)13-6-5-12-7-8-16-11-14(12)10-13/h5-6,10,16H,2-4,7-9,11H2,1H3. The number of carbonyl (C=O) groups is 1. The Bertz CT molecular complexity index is 415. The molecule has 3 heteroatoms. The predicted molar refractivity (Wildman–Crippen MR) is 71.7 cm³/mol. The van der Waals surface area contributed by atoms with E-state index in [9.17, 15) is 4.79 Å². The zero-order valence-electron chi connectivity index (χ0n) is 11.0. The number of ether oxygens (including phenoxy) is 1. The van der Waals surface area contributed by atoms with Crippen LogP contribution in [0, 0.1) is 0 Å². The summed E-state index contributed by atoms with van der Waals surface area (Å²) in [6.45, 7) is 4.54. The number of benzene rings is 1. The van der Waals surface area contributed by atoms with E-state index in [1.165, 1.54) is 11.1 Å². The summed E-state index contributed by atoms with van der Waals surface area (Å²) in [5.74, 6) is -0.195. The van der Waals surface area contributed by atoms with E-state index in [1.807, 2.05) is 12.1 Å². The Morgan fingerprint density at radius 1 is 1.33 bits per heavy atom. The fourth-order valence-corrected chi connectivity index (χ4v) is 2.21. The van der Waals surface area contributed by atoms with E-state index in [4.69, 9.17) is 4.74 Å². The fourth-order valence-electron chi connectivity index (χ4n) is 2.21. The Hall–Kier alpha value is -1.35. The van der Waals surface area contributed by atoms with Crippen LogP contribution in [0.4, 0.5) is 0 Å². The van der Waals surface area contributed by atoms with E-state index in [-0.39, 0.29) is 5.97 Å². The Kier molecular flexibility index (Phi) is 4.76. The minimum absolute atomic E-state index is 0.195. The molecule has 0 saturated carbocycles. The molecule has 1 heterocycles. The first-order valence-electron chi connectivity index (χ1n) is 6.81. The lowest BCUT2D eigenvalue weighted by molar-refractivity contribution is 0.0498. The predicted octanol–water partition coefficient (Wildman–Crippen LogP) is 2.68. The second kappa shape index (κ2) is 6.55. The number of nitrogens with one attached hydrogen (secondary N) is 1. The van der Waals surface area contributed by atoms with Gasteiger partial charge in [-0.1, -0.05) is 25.8 Å². The van der Waals surface area contributed by atoms with E-state index in [0.29, 0.717) is 12.2 Å². The minimum Gasteiger partial charge on any atom is -0.462 e. The molecule has 0 unspecified atom stereocenters. The molecule has 1 N–H and O–H groups in total. The maximum absolute atomic E-state index is 11.9. The van der Waals surface area contributed by atoms with Crippen molar-refractivity contribution < 1.29 is 9.53 Å². The number of fused-ring (bicyclic) bond motifs is 1. The first kappa shape index (κ1) is 13.1. The van der Waals surface area contributed by atoms with Crippen LogP contribution in [0.1, 0.15) is 47.7 Å². The molecule has 18 heavy (non-hydrogen) atoms. The van der Waals surface area contributed by atoms with Crippen molar-refractivity contribution in [2.24, 2.45) is 0 Å². The molecule has 1 aromatic rings. The zero-order valence-corrected chi connectivity index (χ0v) is 11.0. The third-order valence-corrected chi connectivity index (χ3v) is 3.31. The van der Waals surface area contributed by atoms with Crippen LogP contribution in [0.2, 0.25) is 0 Å². The number of hydrogen-bond donors (Lipinski definition) is 1. The maximum Gasteiger partial charge on any atom is 0.338 e. The SMILES string of the molecule is CCCCCOC(=O)c1ccc2c(c1)CNCC2. The molecule has 98 valence electrons. The van der Waals surface area contributed by atoms with Gasteiger partial charge in [0, 0.05) is 6.54 Å². The summed E-state index contributed by atoms with van der Waals surface area (Å²) in [5, 5.41) is 3.31. The Balaban J connectivity index is 1.94. The smallest absolute Gasteiger partial charge is 0.338 e. The summed E-state index contributed by atoms with van der Waals surface area (Å²) in [6, 6.07) is 5.90. The quantitative estimate of drug-likeness (QED) is 0.642. The molecule has 0 fully saturated rings. The number of rotatable bonds is 5. The third-order valence-electron chi connectivity index (χ3n) is 3.31. The zero-order chi connectivity index (χ0) is 12.8. The molecular formula is C15H21NO2. The van der Waals surface area contributed by atoms with Crippen LogP contribution in [0.25, 0.3) is 0 Å². The number of esters is 1. The third kappa shape index (κ3) is 3.33. The van der Waals surface area contributed by atoms with Gasteiger partial charge in [-0.15, -0.1) is 0 Å². The topological polar surface area (TPSA) is 38.3 Å². The van der Waals surface area contributed by atoms with Crippen molar-refractivity contribution in [1.29, 1.82) is 0 Å². The average Bonchev–Trinajstić information content (AvgIpc) is 2.43. The Morgan fingerprint density at radius 2 is 2.22 bits per heavy atom. The van der Waals surface area contributed by atoms with Crippen LogP contribution in [-0.2, 0) is 17.7 Å². The van der Waals surface area contributed by atoms with Crippen LogP contribution < -0.4 is 5.32 Å². The van der Waals surface area contributed by atoms with Gasteiger partial charge in [-0.25, -0.2) is 4.79 Å². The highest BCUT2D eigenvalue weighted by Gasteiger charge is 2.13. The fraction of sp³-hybridized carbons (Fsp3) is 0.533. The number of hydrogen-bond acceptors (Lipinski definition) is 3. The van der Waals surface area contributed by atoms with Crippen molar-refractivity contribution in [3.05, 3.63) is 34.9 Å². The number of carbonyl (C=O) groups excluding carboxylic acids is 1. The summed E-state index contributed by atoms with van der Waals surface area (Å²) in [4.78, 5) is 11.9. The lowest BCUT2D eigenvalue weighted by Crippen LogP contribution is -2.24. The van der Waals surface area contributed by atoms with Crippen molar-refractivity contribution in [1.82, 2.24) is 5.32 Å². The molecular weight excluding hydrogens is 226 g/mol. The van der Waals surface area contributed by atoms with Crippen molar-refractivity contribution in [2.45, 2.75) is 39.2 Å².